The number of nitrogens with zero attached hydrogens (tertiary/aromatic N) is 1. The van der Waals surface area contributed by atoms with Gasteiger partial charge in [-0.05, 0) is 33.9 Å². The zero-order valence-electron chi connectivity index (χ0n) is 15.8. The quantitative estimate of drug-likeness (QED) is 0.308. The van der Waals surface area contributed by atoms with Crippen LogP contribution in [0.15, 0.2) is 108 Å². The fourth-order valence-electron chi connectivity index (χ4n) is 3.59. The van der Waals surface area contributed by atoms with Gasteiger partial charge in [-0.3, -0.25) is 0 Å². The minimum absolute atomic E-state index is 0.804. The van der Waals surface area contributed by atoms with Gasteiger partial charge in [0.15, 0.2) is 12.0 Å². The standard InChI is InChI=1S/C27H19NO/c1-2-7-21(8-3-1)22-16-13-20(14-17-22)15-18-23-9-4-5-10-24(23)25-11-6-12-26-27(25)28-19-29-26/h1-19H. The van der Waals surface area contributed by atoms with Crippen LogP contribution >= 0.6 is 0 Å². The Morgan fingerprint density at radius 3 is 2.17 bits per heavy atom. The predicted molar refractivity (Wildman–Crippen MR) is 120 cm³/mol. The summed E-state index contributed by atoms with van der Waals surface area (Å²) in [5.74, 6) is 0. The third-order valence-electron chi connectivity index (χ3n) is 5.08. The number of fused-ring (bicyclic) bond motifs is 1. The molecule has 2 nitrogen and oxygen atoms in total. The van der Waals surface area contributed by atoms with Crippen molar-refractivity contribution in [3.05, 3.63) is 115 Å². The molecule has 0 atom stereocenters. The Morgan fingerprint density at radius 2 is 1.31 bits per heavy atom. The average Bonchev–Trinajstić information content (AvgIpc) is 3.28. The van der Waals surface area contributed by atoms with Crippen LogP contribution in [-0.4, -0.2) is 4.98 Å². The molecular formula is C27H19NO. The summed E-state index contributed by atoms with van der Waals surface area (Å²) in [6.07, 6.45) is 5.81. The molecule has 2 heteroatoms. The highest BCUT2D eigenvalue weighted by Gasteiger charge is 2.09. The van der Waals surface area contributed by atoms with Gasteiger partial charge in [0.05, 0.1) is 0 Å². The maximum absolute atomic E-state index is 5.47. The molecule has 1 aromatic heterocycles. The molecule has 0 amide bonds. The predicted octanol–water partition coefficient (Wildman–Crippen LogP) is 7.33. The molecular weight excluding hydrogens is 354 g/mol. The second-order valence-corrected chi connectivity index (χ2v) is 6.91. The van der Waals surface area contributed by atoms with E-state index >= 15 is 0 Å². The molecule has 0 saturated heterocycles. The van der Waals surface area contributed by atoms with Gasteiger partial charge in [0, 0.05) is 5.56 Å². The summed E-state index contributed by atoms with van der Waals surface area (Å²) in [6, 6.07) is 33.5. The molecule has 4 aromatic carbocycles. The molecule has 138 valence electrons. The van der Waals surface area contributed by atoms with Gasteiger partial charge in [-0.15, -0.1) is 0 Å². The van der Waals surface area contributed by atoms with Crippen molar-refractivity contribution in [2.75, 3.05) is 0 Å². The summed E-state index contributed by atoms with van der Waals surface area (Å²) in [5, 5.41) is 0. The van der Waals surface area contributed by atoms with Gasteiger partial charge >= 0.3 is 0 Å². The topological polar surface area (TPSA) is 26.0 Å². The van der Waals surface area contributed by atoms with Crippen LogP contribution in [0.4, 0.5) is 0 Å². The van der Waals surface area contributed by atoms with Gasteiger partial charge < -0.3 is 4.42 Å². The first-order chi connectivity index (χ1) is 14.4. The van der Waals surface area contributed by atoms with Gasteiger partial charge in [-0.25, -0.2) is 4.98 Å². The van der Waals surface area contributed by atoms with E-state index in [1.807, 2.05) is 18.2 Å². The van der Waals surface area contributed by atoms with Crippen LogP contribution in [0.2, 0.25) is 0 Å². The van der Waals surface area contributed by atoms with Crippen molar-refractivity contribution in [3.63, 3.8) is 0 Å². The number of para-hydroxylation sites is 1. The zero-order chi connectivity index (χ0) is 19.5. The first-order valence-corrected chi connectivity index (χ1v) is 9.64. The van der Waals surface area contributed by atoms with E-state index in [2.05, 4.69) is 96.0 Å². The molecule has 29 heavy (non-hydrogen) atoms. The molecule has 0 unspecified atom stereocenters. The lowest BCUT2D eigenvalue weighted by molar-refractivity contribution is 0.602. The summed E-state index contributed by atoms with van der Waals surface area (Å²) < 4.78 is 5.47. The fraction of sp³-hybridized carbons (Fsp3) is 0. The highest BCUT2D eigenvalue weighted by molar-refractivity contribution is 5.94. The second-order valence-electron chi connectivity index (χ2n) is 6.91. The number of hydrogen-bond acceptors (Lipinski definition) is 2. The average molecular weight is 373 g/mol. The van der Waals surface area contributed by atoms with Gasteiger partial charge in [0.1, 0.15) is 5.52 Å². The van der Waals surface area contributed by atoms with Crippen molar-refractivity contribution in [1.82, 2.24) is 4.98 Å². The van der Waals surface area contributed by atoms with E-state index < -0.39 is 0 Å². The molecule has 0 spiro atoms. The minimum atomic E-state index is 0.804. The number of rotatable bonds is 4. The number of hydrogen-bond donors (Lipinski definition) is 0. The van der Waals surface area contributed by atoms with E-state index in [1.165, 1.54) is 23.1 Å². The molecule has 0 fully saturated rings. The SMILES string of the molecule is C(=Cc1ccccc1-c1cccc2ocnc12)c1ccc(-c2ccccc2)cc1. The van der Waals surface area contributed by atoms with E-state index in [0.29, 0.717) is 0 Å². The lowest BCUT2D eigenvalue weighted by atomic mass is 9.97. The summed E-state index contributed by atoms with van der Waals surface area (Å²) in [5.41, 5.74) is 8.68. The van der Waals surface area contributed by atoms with Crippen molar-refractivity contribution >= 4 is 23.3 Å². The molecule has 0 radical (unpaired) electrons. The number of oxazole rings is 1. The van der Waals surface area contributed by atoms with Crippen LogP contribution in [0, 0.1) is 0 Å². The largest absolute Gasteiger partial charge is 0.443 e. The van der Waals surface area contributed by atoms with Crippen LogP contribution < -0.4 is 0 Å². The molecule has 0 bridgehead atoms. The molecule has 0 N–H and O–H groups in total. The van der Waals surface area contributed by atoms with Gasteiger partial charge in [-0.2, -0.15) is 0 Å². The van der Waals surface area contributed by atoms with Crippen LogP contribution in [0.25, 0.3) is 45.5 Å². The molecule has 0 aliphatic carbocycles. The van der Waals surface area contributed by atoms with Crippen molar-refractivity contribution in [2.45, 2.75) is 0 Å². The minimum Gasteiger partial charge on any atom is -0.443 e. The van der Waals surface area contributed by atoms with Crippen LogP contribution in [0.3, 0.4) is 0 Å². The third kappa shape index (κ3) is 3.48. The smallest absolute Gasteiger partial charge is 0.182 e. The number of benzene rings is 4. The Morgan fingerprint density at radius 1 is 0.586 bits per heavy atom. The van der Waals surface area contributed by atoms with Gasteiger partial charge in [0.2, 0.25) is 0 Å². The van der Waals surface area contributed by atoms with E-state index in [4.69, 9.17) is 4.42 Å². The Balaban J connectivity index is 1.47. The Hall–Kier alpha value is -3.91. The zero-order valence-corrected chi connectivity index (χ0v) is 15.8. The monoisotopic (exact) mass is 373 g/mol. The van der Waals surface area contributed by atoms with E-state index in [9.17, 15) is 0 Å². The van der Waals surface area contributed by atoms with Crippen LogP contribution in [-0.2, 0) is 0 Å². The lowest BCUT2D eigenvalue weighted by Gasteiger charge is -2.07. The normalized spacial score (nSPS) is 11.3. The van der Waals surface area contributed by atoms with E-state index in [0.717, 1.165) is 27.8 Å². The third-order valence-corrected chi connectivity index (χ3v) is 5.08. The first kappa shape index (κ1) is 17.2. The van der Waals surface area contributed by atoms with Crippen molar-refractivity contribution in [2.24, 2.45) is 0 Å². The second kappa shape index (κ2) is 7.61. The van der Waals surface area contributed by atoms with Crippen molar-refractivity contribution in [3.8, 4) is 22.3 Å². The summed E-state index contributed by atoms with van der Waals surface area (Å²) in [7, 11) is 0. The Bertz CT molecular complexity index is 1280. The van der Waals surface area contributed by atoms with Gasteiger partial charge in [0.25, 0.3) is 0 Å². The molecule has 0 aliphatic heterocycles. The fourth-order valence-corrected chi connectivity index (χ4v) is 3.59. The number of aromatic nitrogens is 1. The van der Waals surface area contributed by atoms with Crippen LogP contribution in [0.1, 0.15) is 11.1 Å². The van der Waals surface area contributed by atoms with Gasteiger partial charge in [-0.1, -0.05) is 103 Å². The summed E-state index contributed by atoms with van der Waals surface area (Å²) in [6.45, 7) is 0. The maximum atomic E-state index is 5.47. The van der Waals surface area contributed by atoms with Crippen LogP contribution in [0.5, 0.6) is 0 Å². The van der Waals surface area contributed by atoms with E-state index in [-0.39, 0.29) is 0 Å². The molecule has 0 aliphatic rings. The lowest BCUT2D eigenvalue weighted by Crippen LogP contribution is -1.85. The summed E-state index contributed by atoms with van der Waals surface area (Å²) >= 11 is 0. The maximum Gasteiger partial charge on any atom is 0.182 e. The Kier molecular flexibility index (Phi) is 4.51. The first-order valence-electron chi connectivity index (χ1n) is 9.64. The summed E-state index contributed by atoms with van der Waals surface area (Å²) in [4.78, 5) is 4.40. The molecule has 5 aromatic rings. The molecule has 5 rings (SSSR count). The highest BCUT2D eigenvalue weighted by Crippen LogP contribution is 2.31. The molecule has 1 heterocycles. The van der Waals surface area contributed by atoms with Crippen molar-refractivity contribution in [1.29, 1.82) is 0 Å². The van der Waals surface area contributed by atoms with Crippen molar-refractivity contribution < 1.29 is 4.42 Å². The Labute approximate surface area is 169 Å². The highest BCUT2D eigenvalue weighted by atomic mass is 16.3. The van der Waals surface area contributed by atoms with E-state index in [1.54, 1.807) is 0 Å². The molecule has 0 saturated carbocycles.